The third-order valence-electron chi connectivity index (χ3n) is 6.41. The highest BCUT2D eigenvalue weighted by molar-refractivity contribution is 7.16. The van der Waals surface area contributed by atoms with E-state index in [0.717, 1.165) is 25.9 Å². The van der Waals surface area contributed by atoms with Gasteiger partial charge in [0.05, 0.1) is 11.3 Å². The minimum Gasteiger partial charge on any atom is -0.492 e. The number of aromatic hydroxyl groups is 1. The van der Waals surface area contributed by atoms with Gasteiger partial charge in [0.15, 0.2) is 5.13 Å². The van der Waals surface area contributed by atoms with Crippen molar-refractivity contribution in [1.29, 1.82) is 0 Å². The number of nitrogens with zero attached hydrogens (tertiary/aromatic N) is 2. The summed E-state index contributed by atoms with van der Waals surface area (Å²) in [5.74, 6) is 0.795. The van der Waals surface area contributed by atoms with E-state index in [1.807, 2.05) is 4.90 Å². The summed E-state index contributed by atoms with van der Waals surface area (Å²) in [7, 11) is 0. The normalized spacial score (nSPS) is 23.3. The van der Waals surface area contributed by atoms with Gasteiger partial charge in [0, 0.05) is 19.1 Å². The van der Waals surface area contributed by atoms with Gasteiger partial charge in [-0.25, -0.2) is 0 Å². The third-order valence-corrected chi connectivity index (χ3v) is 7.39. The molecule has 1 aliphatic heterocycles. The molecule has 2 N–H and O–H groups in total. The molecule has 1 aromatic heterocycles. The highest BCUT2D eigenvalue weighted by atomic mass is 32.1. The van der Waals surface area contributed by atoms with Gasteiger partial charge in [-0.3, -0.25) is 4.79 Å². The molecule has 3 rings (SSSR count). The molecule has 2 heterocycles. The fourth-order valence-corrected chi connectivity index (χ4v) is 4.58. The summed E-state index contributed by atoms with van der Waals surface area (Å²) in [5.41, 5.74) is 0.406. The number of nitrogens with one attached hydrogen (secondary N) is 1. The number of likely N-dealkylation sites (tertiary alicyclic amines) is 1. The molecule has 0 atom stereocenters. The van der Waals surface area contributed by atoms with Crippen molar-refractivity contribution >= 4 is 22.4 Å². The second-order valence-corrected chi connectivity index (χ2v) is 9.61. The lowest BCUT2D eigenvalue weighted by Gasteiger charge is -2.30. The summed E-state index contributed by atoms with van der Waals surface area (Å²) in [5, 5.41) is 14.3. The van der Waals surface area contributed by atoms with Gasteiger partial charge < -0.3 is 15.3 Å². The summed E-state index contributed by atoms with van der Waals surface area (Å²) in [6, 6.07) is 0.336. The first-order chi connectivity index (χ1) is 11.1. The molecular formula is C18H29N3O2S. The van der Waals surface area contributed by atoms with E-state index >= 15 is 0 Å². The molecule has 0 unspecified atom stereocenters. The van der Waals surface area contributed by atoms with Crippen LogP contribution in [0.3, 0.4) is 0 Å². The van der Waals surface area contributed by atoms with Crippen LogP contribution in [0.2, 0.25) is 0 Å². The van der Waals surface area contributed by atoms with Crippen LogP contribution >= 0.6 is 11.3 Å². The molecular weight excluding hydrogens is 322 g/mol. The summed E-state index contributed by atoms with van der Waals surface area (Å²) >= 11 is 1.40. The Hall–Kier alpha value is -1.30. The van der Waals surface area contributed by atoms with Gasteiger partial charge in [0.2, 0.25) is 11.8 Å². The van der Waals surface area contributed by atoms with E-state index in [1.54, 1.807) is 0 Å². The van der Waals surface area contributed by atoms with Gasteiger partial charge in [-0.1, -0.05) is 46.0 Å². The topological polar surface area (TPSA) is 65.5 Å². The third kappa shape index (κ3) is 3.01. The highest BCUT2D eigenvalue weighted by Crippen LogP contribution is 2.63. The predicted molar refractivity (Wildman–Crippen MR) is 97.4 cm³/mol. The molecule has 0 spiro atoms. The van der Waals surface area contributed by atoms with E-state index in [-0.39, 0.29) is 29.0 Å². The molecule has 0 aromatic carbocycles. The lowest BCUT2D eigenvalue weighted by molar-refractivity contribution is -0.131. The first kappa shape index (κ1) is 17.5. The molecule has 2 aliphatic rings. The Morgan fingerprint density at radius 2 is 1.88 bits per heavy atom. The monoisotopic (exact) mass is 351 g/mol. The van der Waals surface area contributed by atoms with Gasteiger partial charge in [-0.05, 0) is 29.6 Å². The van der Waals surface area contributed by atoms with Crippen LogP contribution in [0, 0.1) is 16.7 Å². The first-order valence-corrected chi connectivity index (χ1v) is 9.67. The number of rotatable bonds is 4. The van der Waals surface area contributed by atoms with Gasteiger partial charge in [0.25, 0.3) is 0 Å². The average Bonchev–Trinajstić information content (AvgIpc) is 2.77. The van der Waals surface area contributed by atoms with Crippen LogP contribution in [0.4, 0.5) is 5.13 Å². The standard InChI is InChI=1S/C18H29N3O2S/c1-11-6-8-21(9-7-11)13(22)10-12-14(23)19-16(24-12)20-15-17(2,3)18(15,4)5/h11,15,23H,6-10H2,1-5H3,(H,19,20). The lowest BCUT2D eigenvalue weighted by atomic mass is 9.99. The molecule has 1 saturated heterocycles. The van der Waals surface area contributed by atoms with Crippen molar-refractivity contribution in [2.24, 2.45) is 16.7 Å². The second-order valence-electron chi connectivity index (χ2n) is 8.53. The van der Waals surface area contributed by atoms with Crippen molar-refractivity contribution in [2.45, 2.75) is 59.9 Å². The van der Waals surface area contributed by atoms with E-state index in [1.165, 1.54) is 11.3 Å². The Morgan fingerprint density at radius 1 is 1.29 bits per heavy atom. The van der Waals surface area contributed by atoms with Crippen molar-refractivity contribution in [3.05, 3.63) is 4.88 Å². The molecule has 1 aromatic rings. The zero-order valence-corrected chi connectivity index (χ0v) is 16.2. The van der Waals surface area contributed by atoms with Crippen molar-refractivity contribution in [1.82, 2.24) is 9.88 Å². The number of thiazole rings is 1. The largest absolute Gasteiger partial charge is 0.492 e. The zero-order chi connectivity index (χ0) is 17.7. The Labute approximate surface area is 148 Å². The summed E-state index contributed by atoms with van der Waals surface area (Å²) in [4.78, 5) is 19.3. The fourth-order valence-electron chi connectivity index (χ4n) is 3.71. The summed E-state index contributed by atoms with van der Waals surface area (Å²) < 4.78 is 0. The Balaban J connectivity index is 1.61. The predicted octanol–water partition coefficient (Wildman–Crippen LogP) is 3.50. The fraction of sp³-hybridized carbons (Fsp3) is 0.778. The molecule has 1 aliphatic carbocycles. The highest BCUT2D eigenvalue weighted by Gasteiger charge is 2.65. The number of carbonyl (C=O) groups is 1. The maximum atomic E-state index is 12.4. The number of anilines is 1. The lowest BCUT2D eigenvalue weighted by Crippen LogP contribution is -2.38. The van der Waals surface area contributed by atoms with Crippen LogP contribution in [0.5, 0.6) is 5.88 Å². The Bertz CT molecular complexity index is 616. The van der Waals surface area contributed by atoms with Crippen molar-refractivity contribution in [3.63, 3.8) is 0 Å². The van der Waals surface area contributed by atoms with Crippen molar-refractivity contribution in [3.8, 4) is 5.88 Å². The van der Waals surface area contributed by atoms with Crippen molar-refractivity contribution < 1.29 is 9.90 Å². The maximum Gasteiger partial charge on any atom is 0.228 e. The first-order valence-electron chi connectivity index (χ1n) is 8.86. The quantitative estimate of drug-likeness (QED) is 0.871. The number of hydrogen-bond acceptors (Lipinski definition) is 5. The van der Waals surface area contributed by atoms with Crippen LogP contribution < -0.4 is 5.32 Å². The number of amides is 1. The molecule has 0 radical (unpaired) electrons. The zero-order valence-electron chi connectivity index (χ0n) is 15.3. The van der Waals surface area contributed by atoms with Crippen molar-refractivity contribution in [2.75, 3.05) is 18.4 Å². The summed E-state index contributed by atoms with van der Waals surface area (Å²) in [6.45, 7) is 12.8. The number of hydrogen-bond donors (Lipinski definition) is 2. The number of carbonyl (C=O) groups excluding carboxylic acids is 1. The second kappa shape index (κ2) is 5.90. The molecule has 1 saturated carbocycles. The van der Waals surface area contributed by atoms with Gasteiger partial charge in [0.1, 0.15) is 0 Å². The molecule has 134 valence electrons. The Morgan fingerprint density at radius 3 is 2.42 bits per heavy atom. The molecule has 0 bridgehead atoms. The number of piperidine rings is 1. The van der Waals surface area contributed by atoms with Crippen LogP contribution in [0.15, 0.2) is 0 Å². The van der Waals surface area contributed by atoms with Gasteiger partial charge in [-0.2, -0.15) is 4.98 Å². The maximum absolute atomic E-state index is 12.4. The summed E-state index contributed by atoms with van der Waals surface area (Å²) in [6.07, 6.45) is 2.38. The van der Waals surface area contributed by atoms with E-state index in [9.17, 15) is 9.90 Å². The minimum atomic E-state index is -0.00232. The van der Waals surface area contributed by atoms with E-state index in [2.05, 4.69) is 44.9 Å². The molecule has 24 heavy (non-hydrogen) atoms. The van der Waals surface area contributed by atoms with Crippen LogP contribution in [0.25, 0.3) is 0 Å². The van der Waals surface area contributed by atoms with Crippen LogP contribution in [-0.2, 0) is 11.2 Å². The van der Waals surface area contributed by atoms with Crippen LogP contribution in [-0.4, -0.2) is 40.0 Å². The van der Waals surface area contributed by atoms with E-state index in [0.29, 0.717) is 22.0 Å². The van der Waals surface area contributed by atoms with E-state index < -0.39 is 0 Å². The average molecular weight is 352 g/mol. The molecule has 1 amide bonds. The molecule has 2 fully saturated rings. The molecule has 6 heteroatoms. The van der Waals surface area contributed by atoms with Gasteiger partial charge >= 0.3 is 0 Å². The smallest absolute Gasteiger partial charge is 0.228 e. The number of aromatic nitrogens is 1. The van der Waals surface area contributed by atoms with Crippen LogP contribution in [0.1, 0.15) is 52.3 Å². The van der Waals surface area contributed by atoms with E-state index in [4.69, 9.17) is 0 Å². The molecule has 5 nitrogen and oxygen atoms in total. The SMILES string of the molecule is CC1CCN(C(=O)Cc2sc(NC3C(C)(C)C3(C)C)nc2O)CC1. The van der Waals surface area contributed by atoms with Gasteiger partial charge in [-0.15, -0.1) is 0 Å². The Kier molecular flexibility index (Phi) is 4.31. The minimum absolute atomic E-state index is 0.00232.